The van der Waals surface area contributed by atoms with Gasteiger partial charge in [0, 0.05) is 24.5 Å². The molecule has 1 amide bonds. The zero-order chi connectivity index (χ0) is 13.5. The van der Waals surface area contributed by atoms with E-state index < -0.39 is 0 Å². The Morgan fingerprint density at radius 3 is 2.58 bits per heavy atom. The van der Waals surface area contributed by atoms with Gasteiger partial charge in [0.25, 0.3) is 0 Å². The highest BCUT2D eigenvalue weighted by atomic mass is 16.2. The molecule has 3 heteroatoms. The van der Waals surface area contributed by atoms with Gasteiger partial charge in [-0.25, -0.2) is 0 Å². The summed E-state index contributed by atoms with van der Waals surface area (Å²) < 4.78 is 0. The van der Waals surface area contributed by atoms with Gasteiger partial charge in [0.05, 0.1) is 6.04 Å². The lowest BCUT2D eigenvalue weighted by atomic mass is 9.94. The third kappa shape index (κ3) is 2.66. The van der Waals surface area contributed by atoms with Gasteiger partial charge in [0.15, 0.2) is 0 Å². The zero-order valence-corrected chi connectivity index (χ0v) is 11.7. The molecule has 1 aliphatic carbocycles. The summed E-state index contributed by atoms with van der Waals surface area (Å²) >= 11 is 0. The van der Waals surface area contributed by atoms with Crippen molar-refractivity contribution in [2.24, 2.45) is 5.92 Å². The fourth-order valence-corrected chi connectivity index (χ4v) is 2.84. The fourth-order valence-electron chi connectivity index (χ4n) is 2.84. The Bertz CT molecular complexity index is 465. The van der Waals surface area contributed by atoms with Crippen LogP contribution in [0, 0.1) is 5.92 Å². The summed E-state index contributed by atoms with van der Waals surface area (Å²) in [6.07, 6.45) is 2.15. The van der Waals surface area contributed by atoms with E-state index in [-0.39, 0.29) is 11.6 Å². The Kier molecular flexibility index (Phi) is 3.09. The first-order valence-corrected chi connectivity index (χ1v) is 7.17. The largest absolute Gasteiger partial charge is 0.332 e. The summed E-state index contributed by atoms with van der Waals surface area (Å²) in [6.45, 7) is 5.97. The molecular formula is C16H22N2O. The van der Waals surface area contributed by atoms with Gasteiger partial charge >= 0.3 is 0 Å². The second kappa shape index (κ2) is 4.64. The average Bonchev–Trinajstić information content (AvgIpc) is 3.22. The highest BCUT2D eigenvalue weighted by Gasteiger charge is 2.41. The van der Waals surface area contributed by atoms with Crippen molar-refractivity contribution in [3.8, 4) is 0 Å². The predicted octanol–water partition coefficient (Wildman–Crippen LogP) is 2.35. The molecule has 1 heterocycles. The first-order valence-electron chi connectivity index (χ1n) is 7.17. The summed E-state index contributed by atoms with van der Waals surface area (Å²) in [6, 6.07) is 10.6. The molecule has 0 bridgehead atoms. The van der Waals surface area contributed by atoms with Crippen molar-refractivity contribution in [1.29, 1.82) is 0 Å². The van der Waals surface area contributed by atoms with Crippen LogP contribution in [-0.4, -0.2) is 29.4 Å². The minimum absolute atomic E-state index is 0.00975. The van der Waals surface area contributed by atoms with Crippen LogP contribution < -0.4 is 5.32 Å². The molecule has 1 saturated carbocycles. The molecule has 3 nitrogen and oxygen atoms in total. The summed E-state index contributed by atoms with van der Waals surface area (Å²) in [5.41, 5.74) is 1.25. The quantitative estimate of drug-likeness (QED) is 0.883. The van der Waals surface area contributed by atoms with Crippen molar-refractivity contribution < 1.29 is 4.79 Å². The number of nitrogens with one attached hydrogen (secondary N) is 1. The minimum Gasteiger partial charge on any atom is -0.332 e. The van der Waals surface area contributed by atoms with Crippen LogP contribution in [-0.2, 0) is 4.79 Å². The maximum atomic E-state index is 12.5. The SMILES string of the molecule is CC1(C)CN(C(=O)C2CC2)C(c2ccccc2)CN1. The van der Waals surface area contributed by atoms with Crippen LogP contribution in [0.5, 0.6) is 0 Å². The molecule has 0 spiro atoms. The molecule has 0 radical (unpaired) electrons. The first kappa shape index (κ1) is 12.7. The molecule has 1 aromatic carbocycles. The molecule has 2 aliphatic rings. The van der Waals surface area contributed by atoms with Crippen molar-refractivity contribution in [3.05, 3.63) is 35.9 Å². The van der Waals surface area contributed by atoms with Gasteiger partial charge in [-0.1, -0.05) is 30.3 Å². The van der Waals surface area contributed by atoms with Crippen LogP contribution >= 0.6 is 0 Å². The van der Waals surface area contributed by atoms with Crippen LogP contribution in [0.3, 0.4) is 0 Å². The number of amides is 1. The Morgan fingerprint density at radius 1 is 1.26 bits per heavy atom. The molecular weight excluding hydrogens is 236 g/mol. The number of carbonyl (C=O) groups excluding carboxylic acids is 1. The van der Waals surface area contributed by atoms with Crippen LogP contribution in [0.15, 0.2) is 30.3 Å². The lowest BCUT2D eigenvalue weighted by Gasteiger charge is -2.45. The van der Waals surface area contributed by atoms with Gasteiger partial charge in [-0.3, -0.25) is 4.79 Å². The van der Waals surface area contributed by atoms with Gasteiger partial charge in [-0.15, -0.1) is 0 Å². The first-order chi connectivity index (χ1) is 9.07. The molecule has 102 valence electrons. The molecule has 3 rings (SSSR count). The fraction of sp³-hybridized carbons (Fsp3) is 0.562. The summed E-state index contributed by atoms with van der Waals surface area (Å²) in [5.74, 6) is 0.642. The van der Waals surface area contributed by atoms with Crippen LogP contribution in [0.1, 0.15) is 38.3 Å². The van der Waals surface area contributed by atoms with E-state index in [4.69, 9.17) is 0 Å². The second-order valence-electron chi connectivity index (χ2n) is 6.43. The van der Waals surface area contributed by atoms with E-state index in [9.17, 15) is 4.79 Å². The van der Waals surface area contributed by atoms with Crippen LogP contribution in [0.25, 0.3) is 0 Å². The number of hydrogen-bond donors (Lipinski definition) is 1. The van der Waals surface area contributed by atoms with E-state index in [0.29, 0.717) is 11.8 Å². The van der Waals surface area contributed by atoms with Gasteiger partial charge in [0.1, 0.15) is 0 Å². The number of carbonyl (C=O) groups is 1. The third-order valence-electron chi connectivity index (χ3n) is 4.11. The highest BCUT2D eigenvalue weighted by molar-refractivity contribution is 5.81. The molecule has 1 unspecified atom stereocenters. The highest BCUT2D eigenvalue weighted by Crippen LogP contribution is 2.36. The van der Waals surface area contributed by atoms with Gasteiger partial charge in [0.2, 0.25) is 5.91 Å². The molecule has 2 fully saturated rings. The molecule has 1 saturated heterocycles. The van der Waals surface area contributed by atoms with E-state index in [1.165, 1.54) is 5.56 Å². The monoisotopic (exact) mass is 258 g/mol. The predicted molar refractivity (Wildman–Crippen MR) is 75.7 cm³/mol. The van der Waals surface area contributed by atoms with E-state index in [2.05, 4.69) is 48.3 Å². The van der Waals surface area contributed by atoms with Crippen molar-refractivity contribution in [1.82, 2.24) is 10.2 Å². The van der Waals surface area contributed by atoms with E-state index >= 15 is 0 Å². The van der Waals surface area contributed by atoms with E-state index in [0.717, 1.165) is 25.9 Å². The molecule has 1 atom stereocenters. The maximum absolute atomic E-state index is 12.5. The molecule has 1 aromatic rings. The summed E-state index contributed by atoms with van der Waals surface area (Å²) in [5, 5.41) is 3.56. The average molecular weight is 258 g/mol. The van der Waals surface area contributed by atoms with Gasteiger partial charge in [-0.05, 0) is 32.3 Å². The van der Waals surface area contributed by atoms with E-state index in [1.54, 1.807) is 0 Å². The van der Waals surface area contributed by atoms with Crippen LogP contribution in [0.4, 0.5) is 0 Å². The van der Waals surface area contributed by atoms with Gasteiger partial charge < -0.3 is 10.2 Å². The molecule has 0 aromatic heterocycles. The maximum Gasteiger partial charge on any atom is 0.226 e. The van der Waals surface area contributed by atoms with Crippen molar-refractivity contribution in [2.45, 2.75) is 38.3 Å². The van der Waals surface area contributed by atoms with Crippen molar-refractivity contribution in [3.63, 3.8) is 0 Å². The number of benzene rings is 1. The second-order valence-corrected chi connectivity index (χ2v) is 6.43. The number of nitrogens with zero attached hydrogens (tertiary/aromatic N) is 1. The third-order valence-corrected chi connectivity index (χ3v) is 4.11. The standard InChI is InChI=1S/C16H22N2O/c1-16(2)11-18(15(19)13-8-9-13)14(10-17-16)12-6-4-3-5-7-12/h3-7,13-14,17H,8-11H2,1-2H3. The molecule has 1 aliphatic heterocycles. The Hall–Kier alpha value is -1.35. The zero-order valence-electron chi connectivity index (χ0n) is 11.7. The number of piperazine rings is 1. The minimum atomic E-state index is 0.00975. The summed E-state index contributed by atoms with van der Waals surface area (Å²) in [7, 11) is 0. The van der Waals surface area contributed by atoms with Crippen molar-refractivity contribution in [2.75, 3.05) is 13.1 Å². The van der Waals surface area contributed by atoms with E-state index in [1.807, 2.05) is 6.07 Å². The summed E-state index contributed by atoms with van der Waals surface area (Å²) in [4.78, 5) is 14.6. The molecule has 19 heavy (non-hydrogen) atoms. The Morgan fingerprint density at radius 2 is 1.95 bits per heavy atom. The normalized spacial score (nSPS) is 26.2. The number of hydrogen-bond acceptors (Lipinski definition) is 2. The van der Waals surface area contributed by atoms with Crippen molar-refractivity contribution >= 4 is 5.91 Å². The molecule has 1 N–H and O–H groups in total. The number of rotatable bonds is 2. The van der Waals surface area contributed by atoms with Crippen LogP contribution in [0.2, 0.25) is 0 Å². The van der Waals surface area contributed by atoms with Gasteiger partial charge in [-0.2, -0.15) is 0 Å². The lowest BCUT2D eigenvalue weighted by molar-refractivity contribution is -0.137. The smallest absolute Gasteiger partial charge is 0.226 e. The lowest BCUT2D eigenvalue weighted by Crippen LogP contribution is -2.59. The Labute approximate surface area is 115 Å². The topological polar surface area (TPSA) is 32.3 Å². The Balaban J connectivity index is 1.86.